The van der Waals surface area contributed by atoms with Gasteiger partial charge in [0.05, 0.1) is 12.7 Å². The maximum Gasteiger partial charge on any atom is 0.329 e. The monoisotopic (exact) mass is 274 g/mol. The van der Waals surface area contributed by atoms with Crippen molar-refractivity contribution in [3.8, 4) is 0 Å². The Morgan fingerprint density at radius 1 is 1.47 bits per heavy atom. The molecule has 2 N–H and O–H groups in total. The third-order valence-corrected chi connectivity index (χ3v) is 2.85. The Bertz CT molecular complexity index is 292. The van der Waals surface area contributed by atoms with E-state index >= 15 is 0 Å². The molecule has 0 aliphatic carbocycles. The number of ether oxygens (including phenoxy) is 2. The van der Waals surface area contributed by atoms with Crippen molar-refractivity contribution in [2.24, 2.45) is 0 Å². The first-order chi connectivity index (χ1) is 9.09. The van der Waals surface area contributed by atoms with E-state index in [1.807, 2.05) is 0 Å². The van der Waals surface area contributed by atoms with Crippen LogP contribution < -0.4 is 5.32 Å². The molecule has 0 aromatic heterocycles. The molecule has 7 nitrogen and oxygen atoms in total. The molecule has 1 aliphatic rings. The largest absolute Gasteiger partial charge is 0.480 e. The van der Waals surface area contributed by atoms with Crippen molar-refractivity contribution in [3.05, 3.63) is 0 Å². The first kappa shape index (κ1) is 15.7. The SMILES string of the molecule is CN(CC1CCCCO1)C(=O)NCCOCC(=O)O. The van der Waals surface area contributed by atoms with Crippen LogP contribution >= 0.6 is 0 Å². The van der Waals surface area contributed by atoms with Gasteiger partial charge in [0.15, 0.2) is 0 Å². The second kappa shape index (κ2) is 8.71. The molecule has 0 radical (unpaired) electrons. The molecule has 1 atom stereocenters. The number of likely N-dealkylation sites (N-methyl/N-ethyl adjacent to an activating group) is 1. The van der Waals surface area contributed by atoms with E-state index in [0.29, 0.717) is 13.1 Å². The van der Waals surface area contributed by atoms with Gasteiger partial charge in [0.25, 0.3) is 0 Å². The molecule has 1 rings (SSSR count). The van der Waals surface area contributed by atoms with Crippen LogP contribution in [-0.2, 0) is 14.3 Å². The predicted molar refractivity (Wildman–Crippen MR) is 68.1 cm³/mol. The molecule has 0 aromatic rings. The summed E-state index contributed by atoms with van der Waals surface area (Å²) in [6.45, 7) is 1.47. The molecule has 1 unspecified atom stereocenters. The van der Waals surface area contributed by atoms with Gasteiger partial charge in [-0.05, 0) is 19.3 Å². The molecule has 1 saturated heterocycles. The molecule has 19 heavy (non-hydrogen) atoms. The molecular formula is C12H22N2O5. The van der Waals surface area contributed by atoms with Crippen molar-refractivity contribution in [2.75, 3.05) is 40.0 Å². The second-order valence-corrected chi connectivity index (χ2v) is 4.55. The lowest BCUT2D eigenvalue weighted by atomic mass is 10.1. The molecule has 1 heterocycles. The van der Waals surface area contributed by atoms with E-state index in [4.69, 9.17) is 14.6 Å². The Kier molecular flexibility index (Phi) is 7.20. The molecule has 7 heteroatoms. The van der Waals surface area contributed by atoms with Crippen molar-refractivity contribution < 1.29 is 24.2 Å². The first-order valence-electron chi connectivity index (χ1n) is 6.49. The van der Waals surface area contributed by atoms with Crippen LogP contribution in [-0.4, -0.2) is 68.1 Å². The minimum absolute atomic E-state index is 0.118. The third kappa shape index (κ3) is 6.97. The normalized spacial score (nSPS) is 18.9. The van der Waals surface area contributed by atoms with Crippen LogP contribution in [0.3, 0.4) is 0 Å². The number of urea groups is 1. The summed E-state index contributed by atoms with van der Waals surface area (Å²) in [6, 6.07) is -0.201. The van der Waals surface area contributed by atoms with E-state index in [1.165, 1.54) is 0 Å². The standard InChI is InChI=1S/C12H22N2O5/c1-14(8-10-4-2-3-6-19-10)12(17)13-5-7-18-9-11(15)16/h10H,2-9H2,1H3,(H,13,17)(H,15,16). The quantitative estimate of drug-likeness (QED) is 0.652. The van der Waals surface area contributed by atoms with E-state index in [0.717, 1.165) is 25.9 Å². The number of rotatable bonds is 7. The van der Waals surface area contributed by atoms with Gasteiger partial charge >= 0.3 is 12.0 Å². The third-order valence-electron chi connectivity index (χ3n) is 2.85. The lowest BCUT2D eigenvalue weighted by molar-refractivity contribution is -0.142. The van der Waals surface area contributed by atoms with Crippen LogP contribution in [0.1, 0.15) is 19.3 Å². The molecule has 0 aromatic carbocycles. The summed E-state index contributed by atoms with van der Waals surface area (Å²) in [7, 11) is 1.71. The maximum absolute atomic E-state index is 11.7. The Labute approximate surface area is 112 Å². The number of amides is 2. The smallest absolute Gasteiger partial charge is 0.329 e. The van der Waals surface area contributed by atoms with Crippen molar-refractivity contribution in [1.29, 1.82) is 0 Å². The van der Waals surface area contributed by atoms with Gasteiger partial charge < -0.3 is 24.8 Å². The van der Waals surface area contributed by atoms with Gasteiger partial charge in [0, 0.05) is 26.7 Å². The van der Waals surface area contributed by atoms with Crippen LogP contribution in [0, 0.1) is 0 Å². The number of aliphatic carboxylic acids is 1. The number of hydrogen-bond acceptors (Lipinski definition) is 4. The average molecular weight is 274 g/mol. The summed E-state index contributed by atoms with van der Waals surface area (Å²) in [5.74, 6) is -1.02. The lowest BCUT2D eigenvalue weighted by Crippen LogP contribution is -2.43. The zero-order valence-corrected chi connectivity index (χ0v) is 11.3. The minimum Gasteiger partial charge on any atom is -0.480 e. The van der Waals surface area contributed by atoms with Gasteiger partial charge in [0.1, 0.15) is 6.61 Å². The summed E-state index contributed by atoms with van der Waals surface area (Å²) in [5.41, 5.74) is 0. The van der Waals surface area contributed by atoms with E-state index in [-0.39, 0.29) is 25.3 Å². The van der Waals surface area contributed by atoms with Gasteiger partial charge in [-0.3, -0.25) is 0 Å². The Balaban J connectivity index is 2.08. The van der Waals surface area contributed by atoms with Crippen LogP contribution in [0.2, 0.25) is 0 Å². The van der Waals surface area contributed by atoms with Crippen LogP contribution in [0.5, 0.6) is 0 Å². The highest BCUT2D eigenvalue weighted by Crippen LogP contribution is 2.13. The summed E-state index contributed by atoms with van der Waals surface area (Å²) in [6.07, 6.45) is 3.34. The molecular weight excluding hydrogens is 252 g/mol. The Hall–Kier alpha value is -1.34. The van der Waals surface area contributed by atoms with Crippen molar-refractivity contribution in [1.82, 2.24) is 10.2 Å². The fourth-order valence-corrected chi connectivity index (χ4v) is 1.86. The number of carbonyl (C=O) groups is 2. The van der Waals surface area contributed by atoms with E-state index in [1.54, 1.807) is 11.9 Å². The molecule has 1 aliphatic heterocycles. The molecule has 0 saturated carbocycles. The summed E-state index contributed by atoms with van der Waals surface area (Å²) >= 11 is 0. The summed E-state index contributed by atoms with van der Waals surface area (Å²) < 4.78 is 10.4. The fourth-order valence-electron chi connectivity index (χ4n) is 1.86. The highest BCUT2D eigenvalue weighted by molar-refractivity contribution is 5.73. The minimum atomic E-state index is -1.02. The topological polar surface area (TPSA) is 88.1 Å². The number of carboxylic acids is 1. The van der Waals surface area contributed by atoms with E-state index in [2.05, 4.69) is 5.32 Å². The number of hydrogen-bond donors (Lipinski definition) is 2. The van der Waals surface area contributed by atoms with Crippen molar-refractivity contribution >= 4 is 12.0 Å². The van der Waals surface area contributed by atoms with E-state index < -0.39 is 5.97 Å². The zero-order valence-electron chi connectivity index (χ0n) is 11.3. The van der Waals surface area contributed by atoms with Gasteiger partial charge in [-0.25, -0.2) is 9.59 Å². The van der Waals surface area contributed by atoms with Gasteiger partial charge in [-0.15, -0.1) is 0 Å². The summed E-state index contributed by atoms with van der Waals surface area (Å²) in [4.78, 5) is 23.5. The van der Waals surface area contributed by atoms with Crippen molar-refractivity contribution in [3.63, 3.8) is 0 Å². The second-order valence-electron chi connectivity index (χ2n) is 4.55. The number of nitrogens with zero attached hydrogens (tertiary/aromatic N) is 1. The highest BCUT2D eigenvalue weighted by atomic mass is 16.5. The van der Waals surface area contributed by atoms with Crippen LogP contribution in [0.15, 0.2) is 0 Å². The first-order valence-corrected chi connectivity index (χ1v) is 6.49. The molecule has 2 amide bonds. The van der Waals surface area contributed by atoms with Crippen LogP contribution in [0.4, 0.5) is 4.79 Å². The predicted octanol–water partition coefficient (Wildman–Crippen LogP) is 0.298. The number of nitrogens with one attached hydrogen (secondary N) is 1. The molecule has 1 fully saturated rings. The average Bonchev–Trinajstić information content (AvgIpc) is 2.38. The molecule has 110 valence electrons. The Morgan fingerprint density at radius 3 is 2.89 bits per heavy atom. The van der Waals surface area contributed by atoms with E-state index in [9.17, 15) is 9.59 Å². The van der Waals surface area contributed by atoms with Gasteiger partial charge in [-0.2, -0.15) is 0 Å². The molecule has 0 spiro atoms. The van der Waals surface area contributed by atoms with Crippen LogP contribution in [0.25, 0.3) is 0 Å². The van der Waals surface area contributed by atoms with Crippen molar-refractivity contribution in [2.45, 2.75) is 25.4 Å². The van der Waals surface area contributed by atoms with Gasteiger partial charge in [0.2, 0.25) is 0 Å². The Morgan fingerprint density at radius 2 is 2.26 bits per heavy atom. The molecule has 0 bridgehead atoms. The maximum atomic E-state index is 11.7. The fraction of sp³-hybridized carbons (Fsp3) is 0.833. The van der Waals surface area contributed by atoms with Gasteiger partial charge in [-0.1, -0.05) is 0 Å². The number of carboxylic acid groups (broad SMARTS) is 1. The highest BCUT2D eigenvalue weighted by Gasteiger charge is 2.18. The zero-order chi connectivity index (χ0) is 14.1. The number of carbonyl (C=O) groups excluding carboxylic acids is 1. The lowest BCUT2D eigenvalue weighted by Gasteiger charge is -2.27. The summed E-state index contributed by atoms with van der Waals surface area (Å²) in [5, 5.41) is 11.0.